The van der Waals surface area contributed by atoms with Crippen LogP contribution in [0.5, 0.6) is 0 Å². The lowest BCUT2D eigenvalue weighted by Crippen LogP contribution is -2.15. The van der Waals surface area contributed by atoms with E-state index in [1.165, 1.54) is 147 Å². The van der Waals surface area contributed by atoms with Crippen LogP contribution in [0.3, 0.4) is 0 Å². The summed E-state index contributed by atoms with van der Waals surface area (Å²) in [4.78, 5) is 0. The Bertz CT molecular complexity index is 3980. The Balaban J connectivity index is 1.04. The van der Waals surface area contributed by atoms with Gasteiger partial charge in [-0.1, -0.05) is 166 Å². The monoisotopic (exact) mass is 783 g/mol. The van der Waals surface area contributed by atoms with E-state index in [9.17, 15) is 0 Å². The number of fused-ring (bicyclic) bond motifs is 3. The van der Waals surface area contributed by atoms with Gasteiger partial charge in [-0.2, -0.15) is 0 Å². The van der Waals surface area contributed by atoms with Gasteiger partial charge in [-0.25, -0.2) is 0 Å². The van der Waals surface area contributed by atoms with Gasteiger partial charge in [-0.05, 0) is 156 Å². The first-order valence-electron chi connectivity index (χ1n) is 21.9. The Hall–Kier alpha value is -7.74. The maximum absolute atomic E-state index is 2.59. The molecule has 0 bridgehead atoms. The van der Waals surface area contributed by atoms with E-state index in [0.29, 0.717) is 0 Å². The summed E-state index contributed by atoms with van der Waals surface area (Å²) in [7, 11) is 0. The van der Waals surface area contributed by atoms with Gasteiger partial charge in [-0.3, -0.25) is 0 Å². The minimum Gasteiger partial charge on any atom is -0.309 e. The Morgan fingerprint density at radius 2 is 0.742 bits per heavy atom. The maximum atomic E-state index is 2.59. The number of rotatable bonds is 3. The first kappa shape index (κ1) is 33.0. The van der Waals surface area contributed by atoms with Crippen molar-refractivity contribution in [3.8, 4) is 39.1 Å². The molecule has 0 unspecified atom stereocenters. The third-order valence-electron chi connectivity index (χ3n) is 15.0. The fraction of sp³-hybridized carbons (Fsp3) is 0.0492. The van der Waals surface area contributed by atoms with Crippen molar-refractivity contribution in [1.82, 2.24) is 4.57 Å². The predicted molar refractivity (Wildman–Crippen MR) is 265 cm³/mol. The van der Waals surface area contributed by atoms with Gasteiger partial charge in [-0.15, -0.1) is 0 Å². The lowest BCUT2D eigenvalue weighted by atomic mass is 9.82. The zero-order chi connectivity index (χ0) is 40.6. The zero-order valence-electron chi connectivity index (χ0n) is 34.3. The van der Waals surface area contributed by atoms with Gasteiger partial charge in [0.05, 0.1) is 11.0 Å². The Morgan fingerprint density at radius 3 is 1.29 bits per heavy atom. The van der Waals surface area contributed by atoms with Crippen LogP contribution < -0.4 is 0 Å². The largest absolute Gasteiger partial charge is 0.309 e. The van der Waals surface area contributed by atoms with Crippen LogP contribution in [0.4, 0.5) is 0 Å². The molecule has 0 spiro atoms. The number of aromatic nitrogens is 1. The molecular formula is C61H37N. The molecule has 13 aromatic carbocycles. The predicted octanol–water partition coefficient (Wildman–Crippen LogP) is 16.8. The quantitative estimate of drug-likeness (QED) is 0.157. The smallest absolute Gasteiger partial charge is 0.0553 e. The van der Waals surface area contributed by atoms with E-state index in [4.69, 9.17) is 0 Å². The highest BCUT2D eigenvalue weighted by Crippen LogP contribution is 2.51. The van der Waals surface area contributed by atoms with Crippen molar-refractivity contribution in [2.45, 2.75) is 19.3 Å². The first-order chi connectivity index (χ1) is 30.5. The molecule has 286 valence electrons. The van der Waals surface area contributed by atoms with Crippen molar-refractivity contribution in [1.29, 1.82) is 0 Å². The fourth-order valence-electron chi connectivity index (χ4n) is 12.2. The SMILES string of the molecule is CC1(C)c2ccccc2-c2ccc(-n3c4cc(-c5ccc6ccc7cccc8ccc5c6c78)cc5ccc6cc(-c7ccc8ccc9cccc%10ccc7c8c9%10)cc3c6c54)cc21. The first-order valence-corrected chi connectivity index (χ1v) is 21.9. The molecule has 62 heavy (non-hydrogen) atoms. The van der Waals surface area contributed by atoms with Crippen LogP contribution in [0.25, 0.3) is 136 Å². The van der Waals surface area contributed by atoms with Crippen molar-refractivity contribution < 1.29 is 0 Å². The van der Waals surface area contributed by atoms with E-state index in [1.807, 2.05) is 0 Å². The highest BCUT2D eigenvalue weighted by Gasteiger charge is 2.35. The summed E-state index contributed by atoms with van der Waals surface area (Å²) < 4.78 is 2.59. The minimum atomic E-state index is -0.119. The van der Waals surface area contributed by atoms with Crippen molar-refractivity contribution in [3.05, 3.63) is 199 Å². The van der Waals surface area contributed by atoms with Crippen LogP contribution in [-0.2, 0) is 5.41 Å². The molecule has 0 atom stereocenters. The van der Waals surface area contributed by atoms with Gasteiger partial charge in [0.25, 0.3) is 0 Å². The van der Waals surface area contributed by atoms with E-state index >= 15 is 0 Å². The number of hydrogen-bond acceptors (Lipinski definition) is 0. The van der Waals surface area contributed by atoms with Crippen LogP contribution in [0, 0.1) is 0 Å². The highest BCUT2D eigenvalue weighted by molar-refractivity contribution is 6.30. The van der Waals surface area contributed by atoms with Crippen molar-refractivity contribution in [2.24, 2.45) is 0 Å². The molecule has 1 heterocycles. The van der Waals surface area contributed by atoms with Gasteiger partial charge in [0.1, 0.15) is 0 Å². The molecule has 15 rings (SSSR count). The second kappa shape index (κ2) is 11.3. The molecule has 1 heteroatoms. The summed E-state index contributed by atoms with van der Waals surface area (Å²) in [6.07, 6.45) is 0. The van der Waals surface area contributed by atoms with E-state index in [2.05, 4.69) is 206 Å². The normalized spacial score (nSPS) is 13.8. The lowest BCUT2D eigenvalue weighted by molar-refractivity contribution is 0.660. The molecule has 1 nitrogen and oxygen atoms in total. The van der Waals surface area contributed by atoms with Gasteiger partial charge in [0.2, 0.25) is 0 Å². The molecule has 0 amide bonds. The van der Waals surface area contributed by atoms with Crippen LogP contribution in [0.1, 0.15) is 25.0 Å². The van der Waals surface area contributed by atoms with E-state index in [1.54, 1.807) is 0 Å². The molecule has 0 radical (unpaired) electrons. The molecule has 14 aromatic rings. The minimum absolute atomic E-state index is 0.119. The van der Waals surface area contributed by atoms with Crippen LogP contribution in [-0.4, -0.2) is 4.57 Å². The maximum Gasteiger partial charge on any atom is 0.0553 e. The molecule has 0 fully saturated rings. The van der Waals surface area contributed by atoms with Crippen molar-refractivity contribution in [3.63, 3.8) is 0 Å². The third-order valence-corrected chi connectivity index (χ3v) is 15.0. The molecular weight excluding hydrogens is 747 g/mol. The zero-order valence-corrected chi connectivity index (χ0v) is 34.3. The topological polar surface area (TPSA) is 4.93 Å². The van der Waals surface area contributed by atoms with Crippen LogP contribution in [0.2, 0.25) is 0 Å². The van der Waals surface area contributed by atoms with Gasteiger partial charge < -0.3 is 4.57 Å². The summed E-state index contributed by atoms with van der Waals surface area (Å²) in [6.45, 7) is 4.78. The van der Waals surface area contributed by atoms with Gasteiger partial charge in [0, 0.05) is 21.9 Å². The number of nitrogens with zero attached hydrogens (tertiary/aromatic N) is 1. The second-order valence-electron chi connectivity index (χ2n) is 18.4. The van der Waals surface area contributed by atoms with E-state index in [-0.39, 0.29) is 5.41 Å². The average Bonchev–Trinajstić information content (AvgIpc) is 3.77. The van der Waals surface area contributed by atoms with Gasteiger partial charge >= 0.3 is 0 Å². The summed E-state index contributed by atoms with van der Waals surface area (Å²) >= 11 is 0. The van der Waals surface area contributed by atoms with E-state index in [0.717, 1.165) is 0 Å². The summed E-state index contributed by atoms with van der Waals surface area (Å²) in [5.74, 6) is 0. The van der Waals surface area contributed by atoms with Crippen molar-refractivity contribution >= 4 is 97.2 Å². The van der Waals surface area contributed by atoms with Crippen LogP contribution >= 0.6 is 0 Å². The van der Waals surface area contributed by atoms with E-state index < -0.39 is 0 Å². The Kier molecular flexibility index (Phi) is 6.04. The lowest BCUT2D eigenvalue weighted by Gasteiger charge is -2.22. The third kappa shape index (κ3) is 4.09. The molecule has 0 aliphatic heterocycles. The van der Waals surface area contributed by atoms with Crippen LogP contribution in [0.15, 0.2) is 188 Å². The number of benzene rings is 13. The summed E-state index contributed by atoms with van der Waals surface area (Å²) in [5, 5.41) is 20.9. The summed E-state index contributed by atoms with van der Waals surface area (Å²) in [5.41, 5.74) is 14.0. The Labute approximate surface area is 357 Å². The highest BCUT2D eigenvalue weighted by atomic mass is 15.0. The standard InChI is InChI=1S/C61H37N/c1-61(2)51-12-4-3-11-47(51)48-28-23-44(33-52(48)61)62-53-31-42(45-24-19-38-15-13-34-7-5-9-36-21-26-49(45)57(38)55(34)36)29-40-17-18-41-30-43(32-54(62)60(41)59(40)53)46-25-20-39-16-14-35-8-6-10-37-22-27-50(46)58(39)56(35)37/h3-33H,1-2H3. The second-order valence-corrected chi connectivity index (χ2v) is 18.4. The Morgan fingerprint density at radius 1 is 0.306 bits per heavy atom. The molecule has 1 aromatic heterocycles. The molecule has 1 aliphatic rings. The average molecular weight is 784 g/mol. The number of hydrogen-bond donors (Lipinski definition) is 0. The fourth-order valence-corrected chi connectivity index (χ4v) is 12.2. The molecule has 0 saturated carbocycles. The summed E-state index contributed by atoms with van der Waals surface area (Å²) in [6, 6.07) is 71.9. The molecule has 0 N–H and O–H groups in total. The van der Waals surface area contributed by atoms with Gasteiger partial charge in [0.15, 0.2) is 0 Å². The molecule has 0 saturated heterocycles. The van der Waals surface area contributed by atoms with Crippen molar-refractivity contribution in [2.75, 3.05) is 0 Å². The molecule has 1 aliphatic carbocycles.